The number of rotatable bonds is 5. The molecule has 3 aromatic rings. The Morgan fingerprint density at radius 2 is 1.86 bits per heavy atom. The van der Waals surface area contributed by atoms with Crippen LogP contribution in [0, 0.1) is 24.0 Å². The van der Waals surface area contributed by atoms with Crippen LogP contribution in [0.15, 0.2) is 52.9 Å². The van der Waals surface area contributed by atoms with Gasteiger partial charge in [0.25, 0.3) is 11.6 Å². The van der Waals surface area contributed by atoms with Gasteiger partial charge in [-0.3, -0.25) is 14.9 Å². The number of anilines is 1. The molecule has 142 valence electrons. The lowest BCUT2D eigenvalue weighted by Crippen LogP contribution is -2.13. The number of aryl methyl sites for hydroxylation is 1. The maximum atomic E-state index is 12.5. The second-order valence-corrected chi connectivity index (χ2v) is 6.18. The molecule has 0 aliphatic heterocycles. The number of furan rings is 1. The van der Waals surface area contributed by atoms with Crippen molar-refractivity contribution >= 4 is 23.3 Å². The predicted molar refractivity (Wildman–Crippen MR) is 102 cm³/mol. The predicted octanol–water partition coefficient (Wildman–Crippen LogP) is 4.42. The molecule has 0 aliphatic carbocycles. The van der Waals surface area contributed by atoms with E-state index in [4.69, 9.17) is 4.42 Å². The normalized spacial score (nSPS) is 10.5. The fraction of sp³-hybridized carbons (Fsp3) is 0.100. The molecule has 2 aromatic carbocycles. The van der Waals surface area contributed by atoms with Gasteiger partial charge < -0.3 is 14.8 Å². The van der Waals surface area contributed by atoms with Crippen molar-refractivity contribution < 1.29 is 24.0 Å². The molecule has 0 unspecified atom stereocenters. The van der Waals surface area contributed by atoms with Gasteiger partial charge in [-0.15, -0.1) is 0 Å². The first kappa shape index (κ1) is 18.8. The van der Waals surface area contributed by atoms with E-state index in [-0.39, 0.29) is 28.3 Å². The van der Waals surface area contributed by atoms with Crippen molar-refractivity contribution in [3.63, 3.8) is 0 Å². The fourth-order valence-electron chi connectivity index (χ4n) is 2.79. The van der Waals surface area contributed by atoms with Gasteiger partial charge in [0, 0.05) is 11.8 Å². The molecule has 0 aliphatic rings. The maximum Gasteiger partial charge on any atom is 0.336 e. The molecule has 0 radical (unpaired) electrons. The van der Waals surface area contributed by atoms with Crippen molar-refractivity contribution in [2.45, 2.75) is 13.8 Å². The van der Waals surface area contributed by atoms with Crippen molar-refractivity contribution in [2.24, 2.45) is 0 Å². The number of carbonyl (C=O) groups is 2. The Morgan fingerprint density at radius 3 is 2.54 bits per heavy atom. The average Bonchev–Trinajstić information content (AvgIpc) is 3.13. The van der Waals surface area contributed by atoms with Gasteiger partial charge in [0.1, 0.15) is 5.76 Å². The molecule has 1 heterocycles. The smallest absolute Gasteiger partial charge is 0.336 e. The van der Waals surface area contributed by atoms with E-state index in [1.54, 1.807) is 32.0 Å². The Balaban J connectivity index is 1.89. The van der Waals surface area contributed by atoms with Gasteiger partial charge in [-0.05, 0) is 55.3 Å². The zero-order chi connectivity index (χ0) is 20.4. The van der Waals surface area contributed by atoms with Crippen LogP contribution in [0.25, 0.3) is 11.3 Å². The maximum absolute atomic E-state index is 12.5. The van der Waals surface area contributed by atoms with Crippen LogP contribution in [0.2, 0.25) is 0 Å². The zero-order valence-electron chi connectivity index (χ0n) is 15.1. The van der Waals surface area contributed by atoms with E-state index in [0.717, 1.165) is 5.56 Å². The number of hydrogen-bond donors (Lipinski definition) is 2. The molecule has 8 nitrogen and oxygen atoms in total. The summed E-state index contributed by atoms with van der Waals surface area (Å²) in [5.41, 5.74) is 1.69. The van der Waals surface area contributed by atoms with E-state index < -0.39 is 16.8 Å². The van der Waals surface area contributed by atoms with E-state index >= 15 is 0 Å². The van der Waals surface area contributed by atoms with Crippen LogP contribution in [0.5, 0.6) is 0 Å². The molecule has 1 aromatic heterocycles. The first-order valence-corrected chi connectivity index (χ1v) is 8.27. The summed E-state index contributed by atoms with van der Waals surface area (Å²) >= 11 is 0. The Morgan fingerprint density at radius 1 is 1.11 bits per heavy atom. The first-order valence-electron chi connectivity index (χ1n) is 8.27. The molecule has 28 heavy (non-hydrogen) atoms. The van der Waals surface area contributed by atoms with Crippen LogP contribution in [0.3, 0.4) is 0 Å². The highest BCUT2D eigenvalue weighted by Gasteiger charge is 2.21. The summed E-state index contributed by atoms with van der Waals surface area (Å²) in [6.07, 6.45) is 0. The minimum Gasteiger partial charge on any atom is -0.478 e. The van der Waals surface area contributed by atoms with Crippen LogP contribution >= 0.6 is 0 Å². The highest BCUT2D eigenvalue weighted by atomic mass is 16.6. The molecule has 1 amide bonds. The number of carboxylic acids is 1. The molecule has 2 N–H and O–H groups in total. The second-order valence-electron chi connectivity index (χ2n) is 6.18. The van der Waals surface area contributed by atoms with Crippen molar-refractivity contribution in [1.29, 1.82) is 0 Å². The van der Waals surface area contributed by atoms with E-state index in [1.165, 1.54) is 30.3 Å². The third-order valence-electron chi connectivity index (χ3n) is 4.26. The first-order chi connectivity index (χ1) is 13.3. The molecule has 0 atom stereocenters. The van der Waals surface area contributed by atoms with Crippen LogP contribution in [-0.2, 0) is 0 Å². The SMILES string of the molecule is Cc1ccc(-c2ccc(C(=O)Nc3cccc(C(=O)O)c3C)o2)c([N+](=O)[O-])c1. The molecular formula is C20H16N2O6. The number of nitrogens with zero attached hydrogens (tertiary/aromatic N) is 1. The molecular weight excluding hydrogens is 364 g/mol. The summed E-state index contributed by atoms with van der Waals surface area (Å²) in [5, 5.41) is 23.1. The van der Waals surface area contributed by atoms with Crippen molar-refractivity contribution in [1.82, 2.24) is 0 Å². The number of aromatic carboxylic acids is 1. The molecule has 0 spiro atoms. The molecule has 8 heteroatoms. The number of carbonyl (C=O) groups excluding carboxylic acids is 1. The Hall–Kier alpha value is -3.94. The topological polar surface area (TPSA) is 123 Å². The molecule has 0 saturated heterocycles. The van der Waals surface area contributed by atoms with Crippen molar-refractivity contribution in [2.75, 3.05) is 5.32 Å². The number of hydrogen-bond acceptors (Lipinski definition) is 5. The lowest BCUT2D eigenvalue weighted by atomic mass is 10.1. The monoisotopic (exact) mass is 380 g/mol. The van der Waals surface area contributed by atoms with E-state index in [1.807, 2.05) is 0 Å². The fourth-order valence-corrected chi connectivity index (χ4v) is 2.79. The van der Waals surface area contributed by atoms with Gasteiger partial charge in [-0.1, -0.05) is 12.1 Å². The number of nitro benzene ring substituents is 1. The third-order valence-corrected chi connectivity index (χ3v) is 4.26. The molecule has 0 fully saturated rings. The summed E-state index contributed by atoms with van der Waals surface area (Å²) < 4.78 is 5.52. The number of benzene rings is 2. The molecule has 0 saturated carbocycles. The van der Waals surface area contributed by atoms with E-state index in [0.29, 0.717) is 11.3 Å². The van der Waals surface area contributed by atoms with Gasteiger partial charge in [0.05, 0.1) is 16.1 Å². The number of nitro groups is 1. The molecule has 0 bridgehead atoms. The highest BCUT2D eigenvalue weighted by Crippen LogP contribution is 2.32. The summed E-state index contributed by atoms with van der Waals surface area (Å²) in [4.78, 5) is 34.5. The molecule has 3 rings (SSSR count). The lowest BCUT2D eigenvalue weighted by molar-refractivity contribution is -0.384. The zero-order valence-corrected chi connectivity index (χ0v) is 15.1. The standard InChI is InChI=1S/C20H16N2O6/c1-11-6-7-14(16(10-11)22(26)27)17-8-9-18(28-17)19(23)21-15-5-3-4-13(12(15)2)20(24)25/h3-10H,1-2H3,(H,21,23)(H,24,25). The lowest BCUT2D eigenvalue weighted by Gasteiger charge is -2.09. The van der Waals surface area contributed by atoms with E-state index in [2.05, 4.69) is 5.32 Å². The van der Waals surface area contributed by atoms with Gasteiger partial charge >= 0.3 is 5.97 Å². The van der Waals surface area contributed by atoms with Crippen LogP contribution < -0.4 is 5.32 Å². The Bertz CT molecular complexity index is 1100. The highest BCUT2D eigenvalue weighted by molar-refractivity contribution is 6.04. The summed E-state index contributed by atoms with van der Waals surface area (Å²) in [5.74, 6) is -1.55. The van der Waals surface area contributed by atoms with Crippen LogP contribution in [0.1, 0.15) is 32.0 Å². The van der Waals surface area contributed by atoms with Crippen molar-refractivity contribution in [3.05, 3.63) is 81.1 Å². The van der Waals surface area contributed by atoms with Crippen molar-refractivity contribution in [3.8, 4) is 11.3 Å². The second kappa shape index (κ2) is 7.36. The van der Waals surface area contributed by atoms with Gasteiger partial charge in [-0.25, -0.2) is 4.79 Å². The Kier molecular flexibility index (Phi) is 4.95. The quantitative estimate of drug-likeness (QED) is 0.499. The Labute approximate surface area is 159 Å². The summed E-state index contributed by atoms with van der Waals surface area (Å²) in [6, 6.07) is 12.1. The van der Waals surface area contributed by atoms with Crippen LogP contribution in [0.4, 0.5) is 11.4 Å². The number of carboxylic acid groups (broad SMARTS) is 1. The number of nitrogens with one attached hydrogen (secondary N) is 1. The van der Waals surface area contributed by atoms with Crippen LogP contribution in [-0.4, -0.2) is 21.9 Å². The van der Waals surface area contributed by atoms with E-state index in [9.17, 15) is 24.8 Å². The average molecular weight is 380 g/mol. The summed E-state index contributed by atoms with van der Waals surface area (Å²) in [6.45, 7) is 3.33. The largest absolute Gasteiger partial charge is 0.478 e. The third kappa shape index (κ3) is 3.61. The number of amides is 1. The summed E-state index contributed by atoms with van der Waals surface area (Å²) in [7, 11) is 0. The minimum atomic E-state index is -1.10. The van der Waals surface area contributed by atoms with Gasteiger partial charge in [-0.2, -0.15) is 0 Å². The van der Waals surface area contributed by atoms with Gasteiger partial charge in [0.2, 0.25) is 0 Å². The minimum absolute atomic E-state index is 0.0509. The van der Waals surface area contributed by atoms with Gasteiger partial charge in [0.15, 0.2) is 5.76 Å².